The number of hydrogen-bond donors (Lipinski definition) is 1. The lowest BCUT2D eigenvalue weighted by atomic mass is 10.1. The van der Waals surface area contributed by atoms with Gasteiger partial charge in [-0.25, -0.2) is 0 Å². The topological polar surface area (TPSA) is 69.4 Å². The summed E-state index contributed by atoms with van der Waals surface area (Å²) < 4.78 is 4.49. The van der Waals surface area contributed by atoms with Gasteiger partial charge in [0.1, 0.15) is 11.8 Å². The van der Waals surface area contributed by atoms with Gasteiger partial charge in [0.2, 0.25) is 0 Å². The second-order valence-corrected chi connectivity index (χ2v) is 3.43. The molecule has 0 saturated carbocycles. The van der Waals surface area contributed by atoms with Gasteiger partial charge in [0.25, 0.3) is 0 Å². The van der Waals surface area contributed by atoms with Gasteiger partial charge in [-0.15, -0.1) is 0 Å². The third-order valence-electron chi connectivity index (χ3n) is 2.05. The number of esters is 1. The zero-order valence-corrected chi connectivity index (χ0v) is 8.91. The van der Waals surface area contributed by atoms with Crippen LogP contribution in [0.5, 0.6) is 0 Å². The van der Waals surface area contributed by atoms with Crippen molar-refractivity contribution in [2.45, 2.75) is 45.1 Å². The third kappa shape index (κ3) is 6.60. The van der Waals surface area contributed by atoms with Gasteiger partial charge in [-0.2, -0.15) is 0 Å². The fourth-order valence-corrected chi connectivity index (χ4v) is 1.18. The van der Waals surface area contributed by atoms with Gasteiger partial charge >= 0.3 is 5.97 Å². The van der Waals surface area contributed by atoms with Crippen molar-refractivity contribution >= 4 is 11.8 Å². The van der Waals surface area contributed by atoms with Crippen molar-refractivity contribution in [1.29, 1.82) is 0 Å². The van der Waals surface area contributed by atoms with Crippen molar-refractivity contribution in [2.75, 3.05) is 7.11 Å². The maximum Gasteiger partial charge on any atom is 0.322 e. The summed E-state index contributed by atoms with van der Waals surface area (Å²) in [6.07, 6.45) is 3.93. The molecule has 0 unspecified atom stereocenters. The smallest absolute Gasteiger partial charge is 0.322 e. The summed E-state index contributed by atoms with van der Waals surface area (Å²) in [5.41, 5.74) is 5.53. The van der Waals surface area contributed by atoms with Crippen LogP contribution in [0.1, 0.15) is 39.0 Å². The fraction of sp³-hybridized carbons (Fsp3) is 0.800. The van der Waals surface area contributed by atoms with Gasteiger partial charge in [0.05, 0.1) is 7.11 Å². The molecule has 0 saturated heterocycles. The van der Waals surface area contributed by atoms with E-state index in [1.54, 1.807) is 6.92 Å². The van der Waals surface area contributed by atoms with E-state index in [0.29, 0.717) is 12.8 Å². The number of carbonyl (C=O) groups excluding carboxylic acids is 2. The SMILES string of the molecule is COC(=O)[C@@H](N)CCCCCC(C)=O. The molecule has 0 aromatic heterocycles. The molecule has 0 heterocycles. The molecule has 0 aliphatic carbocycles. The number of Topliss-reactive ketones (excluding diaryl/α,β-unsaturated/α-hetero) is 1. The number of rotatable bonds is 7. The molecule has 0 aromatic carbocycles. The molecule has 4 nitrogen and oxygen atoms in total. The highest BCUT2D eigenvalue weighted by Crippen LogP contribution is 2.05. The summed E-state index contributed by atoms with van der Waals surface area (Å²) in [7, 11) is 1.33. The molecule has 0 aromatic rings. The van der Waals surface area contributed by atoms with Crippen LogP contribution in [0.2, 0.25) is 0 Å². The number of ketones is 1. The first-order chi connectivity index (χ1) is 6.57. The van der Waals surface area contributed by atoms with E-state index in [1.807, 2.05) is 0 Å². The molecular weight excluding hydrogens is 182 g/mol. The monoisotopic (exact) mass is 201 g/mol. The van der Waals surface area contributed by atoms with Crippen molar-refractivity contribution in [3.05, 3.63) is 0 Å². The van der Waals surface area contributed by atoms with E-state index in [0.717, 1.165) is 19.3 Å². The lowest BCUT2D eigenvalue weighted by Gasteiger charge is -2.07. The second-order valence-electron chi connectivity index (χ2n) is 3.43. The molecular formula is C10H19NO3. The zero-order valence-electron chi connectivity index (χ0n) is 8.91. The van der Waals surface area contributed by atoms with E-state index in [9.17, 15) is 9.59 Å². The average Bonchev–Trinajstić information content (AvgIpc) is 2.15. The van der Waals surface area contributed by atoms with Gasteiger partial charge in [0.15, 0.2) is 0 Å². The molecule has 0 rings (SSSR count). The highest BCUT2D eigenvalue weighted by molar-refractivity contribution is 5.75. The Morgan fingerprint density at radius 3 is 2.43 bits per heavy atom. The largest absolute Gasteiger partial charge is 0.468 e. The van der Waals surface area contributed by atoms with Crippen LogP contribution < -0.4 is 5.73 Å². The fourth-order valence-electron chi connectivity index (χ4n) is 1.18. The van der Waals surface area contributed by atoms with E-state index in [2.05, 4.69) is 4.74 Å². The Hall–Kier alpha value is -0.900. The number of methoxy groups -OCH3 is 1. The van der Waals surface area contributed by atoms with Gasteiger partial charge in [-0.3, -0.25) is 4.79 Å². The lowest BCUT2D eigenvalue weighted by molar-refractivity contribution is -0.142. The van der Waals surface area contributed by atoms with Crippen LogP contribution in [0.3, 0.4) is 0 Å². The Balaban J connectivity index is 3.36. The standard InChI is InChI=1S/C10H19NO3/c1-8(12)6-4-3-5-7-9(11)10(13)14-2/h9H,3-7,11H2,1-2H3/t9-/m0/s1. The Labute approximate surface area is 84.8 Å². The van der Waals surface area contributed by atoms with Crippen molar-refractivity contribution in [1.82, 2.24) is 0 Å². The molecule has 0 fully saturated rings. The third-order valence-corrected chi connectivity index (χ3v) is 2.05. The molecule has 0 aliphatic rings. The van der Waals surface area contributed by atoms with Crippen molar-refractivity contribution in [3.63, 3.8) is 0 Å². The first-order valence-corrected chi connectivity index (χ1v) is 4.90. The summed E-state index contributed by atoms with van der Waals surface area (Å²) in [4.78, 5) is 21.5. The minimum Gasteiger partial charge on any atom is -0.468 e. The summed E-state index contributed by atoms with van der Waals surface area (Å²) in [6.45, 7) is 1.58. The van der Waals surface area contributed by atoms with Crippen LogP contribution in [0.4, 0.5) is 0 Å². The maximum atomic E-state index is 10.9. The van der Waals surface area contributed by atoms with Gasteiger partial charge < -0.3 is 15.3 Å². The Kier molecular flexibility index (Phi) is 7.02. The molecule has 0 spiro atoms. The van der Waals surface area contributed by atoms with E-state index >= 15 is 0 Å². The average molecular weight is 201 g/mol. The van der Waals surface area contributed by atoms with Crippen molar-refractivity contribution < 1.29 is 14.3 Å². The highest BCUT2D eigenvalue weighted by atomic mass is 16.5. The van der Waals surface area contributed by atoms with Crippen LogP contribution in [-0.2, 0) is 14.3 Å². The molecule has 1 atom stereocenters. The van der Waals surface area contributed by atoms with Crippen LogP contribution in [-0.4, -0.2) is 24.9 Å². The van der Waals surface area contributed by atoms with E-state index in [4.69, 9.17) is 5.73 Å². The van der Waals surface area contributed by atoms with Gasteiger partial charge in [-0.1, -0.05) is 12.8 Å². The van der Waals surface area contributed by atoms with Gasteiger partial charge in [-0.05, 0) is 19.8 Å². The predicted octanol–water partition coefficient (Wildman–Crippen LogP) is 1.03. The second kappa shape index (κ2) is 7.50. The van der Waals surface area contributed by atoms with Crippen molar-refractivity contribution in [3.8, 4) is 0 Å². The molecule has 0 aliphatic heterocycles. The number of hydrogen-bond acceptors (Lipinski definition) is 4. The number of unbranched alkanes of at least 4 members (excludes halogenated alkanes) is 2. The first-order valence-electron chi connectivity index (χ1n) is 4.90. The number of nitrogens with two attached hydrogens (primary N) is 1. The van der Waals surface area contributed by atoms with Crippen LogP contribution >= 0.6 is 0 Å². The van der Waals surface area contributed by atoms with Gasteiger partial charge in [0, 0.05) is 6.42 Å². The summed E-state index contributed by atoms with van der Waals surface area (Å²) in [5, 5.41) is 0. The predicted molar refractivity (Wildman–Crippen MR) is 53.8 cm³/mol. The number of carbonyl (C=O) groups is 2. The molecule has 82 valence electrons. The van der Waals surface area contributed by atoms with Crippen molar-refractivity contribution in [2.24, 2.45) is 5.73 Å². The van der Waals surface area contributed by atoms with E-state index in [-0.39, 0.29) is 11.8 Å². The minimum absolute atomic E-state index is 0.210. The zero-order chi connectivity index (χ0) is 11.0. The first kappa shape index (κ1) is 13.1. The molecule has 2 N–H and O–H groups in total. The van der Waals surface area contributed by atoms with E-state index in [1.165, 1.54) is 7.11 Å². The molecule has 0 amide bonds. The van der Waals surface area contributed by atoms with Crippen LogP contribution in [0.15, 0.2) is 0 Å². The van der Waals surface area contributed by atoms with Crippen LogP contribution in [0, 0.1) is 0 Å². The van der Waals surface area contributed by atoms with Crippen LogP contribution in [0.25, 0.3) is 0 Å². The molecule has 0 radical (unpaired) electrons. The molecule has 0 bridgehead atoms. The molecule has 4 heteroatoms. The maximum absolute atomic E-state index is 10.9. The normalized spacial score (nSPS) is 12.2. The summed E-state index contributed by atoms with van der Waals surface area (Å²) in [5.74, 6) is -0.154. The summed E-state index contributed by atoms with van der Waals surface area (Å²) >= 11 is 0. The number of ether oxygens (including phenoxy) is 1. The quantitative estimate of drug-likeness (QED) is 0.493. The Morgan fingerprint density at radius 1 is 1.29 bits per heavy atom. The Bertz CT molecular complexity index is 192. The Morgan fingerprint density at radius 2 is 1.93 bits per heavy atom. The lowest BCUT2D eigenvalue weighted by Crippen LogP contribution is -2.31. The van der Waals surface area contributed by atoms with E-state index < -0.39 is 6.04 Å². The minimum atomic E-state index is -0.516. The highest BCUT2D eigenvalue weighted by Gasteiger charge is 2.12. The summed E-state index contributed by atoms with van der Waals surface area (Å²) in [6, 6.07) is -0.516. The molecule has 14 heavy (non-hydrogen) atoms.